The zero-order valence-corrected chi connectivity index (χ0v) is 8.51. The first-order valence-corrected chi connectivity index (χ1v) is 4.95. The maximum atomic E-state index is 10.8. The van der Waals surface area contributed by atoms with Gasteiger partial charge in [-0.3, -0.25) is 9.89 Å². The van der Waals surface area contributed by atoms with E-state index in [4.69, 9.17) is 16.7 Å². The lowest BCUT2D eigenvalue weighted by Gasteiger charge is -2.06. The summed E-state index contributed by atoms with van der Waals surface area (Å²) in [5.41, 5.74) is 1.56. The molecule has 2 N–H and O–H groups in total. The largest absolute Gasteiger partial charge is 0.481 e. The van der Waals surface area contributed by atoms with E-state index < -0.39 is 11.9 Å². The molecule has 0 bridgehead atoms. The quantitative estimate of drug-likeness (QED) is 0.810. The van der Waals surface area contributed by atoms with Crippen LogP contribution in [0.3, 0.4) is 0 Å². The van der Waals surface area contributed by atoms with Gasteiger partial charge in [0.1, 0.15) is 0 Å². The van der Waals surface area contributed by atoms with Gasteiger partial charge in [-0.15, -0.1) is 0 Å². The SMILES string of the molecule is CC(C(=O)O)c1c(Cl)n[nH]c1C1CC1. The standard InChI is InChI=1S/C9H11ClN2O2/c1-4(9(13)14)6-7(5-2-3-5)11-12-8(6)10/h4-5H,2-3H2,1H3,(H,11,12)(H,13,14). The van der Waals surface area contributed by atoms with Crippen molar-refractivity contribution < 1.29 is 9.90 Å². The molecule has 0 radical (unpaired) electrons. The molecule has 14 heavy (non-hydrogen) atoms. The second-order valence-electron chi connectivity index (χ2n) is 3.68. The van der Waals surface area contributed by atoms with Crippen molar-refractivity contribution in [2.75, 3.05) is 0 Å². The summed E-state index contributed by atoms with van der Waals surface area (Å²) in [5, 5.41) is 15.9. The number of carboxylic acid groups (broad SMARTS) is 1. The fraction of sp³-hybridized carbons (Fsp3) is 0.556. The van der Waals surface area contributed by atoms with Crippen molar-refractivity contribution in [3.05, 3.63) is 16.4 Å². The summed E-state index contributed by atoms with van der Waals surface area (Å²) in [6.45, 7) is 1.63. The highest BCUT2D eigenvalue weighted by molar-refractivity contribution is 6.30. The van der Waals surface area contributed by atoms with Gasteiger partial charge in [-0.1, -0.05) is 11.6 Å². The van der Waals surface area contributed by atoms with E-state index in [9.17, 15) is 4.79 Å². The van der Waals surface area contributed by atoms with Crippen LogP contribution in [0.25, 0.3) is 0 Å². The maximum absolute atomic E-state index is 10.8. The number of aromatic nitrogens is 2. The zero-order chi connectivity index (χ0) is 10.3. The van der Waals surface area contributed by atoms with Gasteiger partial charge in [0.15, 0.2) is 5.15 Å². The highest BCUT2D eigenvalue weighted by Crippen LogP contribution is 2.43. The van der Waals surface area contributed by atoms with E-state index in [-0.39, 0.29) is 0 Å². The van der Waals surface area contributed by atoms with Crippen molar-refractivity contribution >= 4 is 17.6 Å². The predicted octanol–water partition coefficient (Wildman–Crippen LogP) is 2.13. The molecule has 0 spiro atoms. The molecular formula is C9H11ClN2O2. The molecule has 1 aromatic heterocycles. The summed E-state index contributed by atoms with van der Waals surface area (Å²) < 4.78 is 0. The average molecular weight is 215 g/mol. The van der Waals surface area contributed by atoms with Crippen molar-refractivity contribution in [1.82, 2.24) is 10.2 Å². The van der Waals surface area contributed by atoms with E-state index in [0.717, 1.165) is 18.5 Å². The Labute approximate surface area is 86.3 Å². The molecule has 1 fully saturated rings. The molecule has 0 amide bonds. The molecule has 1 atom stereocenters. The Morgan fingerprint density at radius 1 is 1.71 bits per heavy atom. The highest BCUT2D eigenvalue weighted by atomic mass is 35.5. The summed E-state index contributed by atoms with van der Waals surface area (Å²) >= 11 is 5.85. The van der Waals surface area contributed by atoms with Crippen molar-refractivity contribution in [2.45, 2.75) is 31.6 Å². The molecular weight excluding hydrogens is 204 g/mol. The summed E-state index contributed by atoms with van der Waals surface area (Å²) in [6.07, 6.45) is 2.19. The number of carboxylic acids is 1. The predicted molar refractivity (Wildman–Crippen MR) is 51.6 cm³/mol. The lowest BCUT2D eigenvalue weighted by atomic mass is 10.0. The minimum Gasteiger partial charge on any atom is -0.481 e. The Bertz CT molecular complexity index is 371. The molecule has 1 unspecified atom stereocenters. The van der Waals surface area contributed by atoms with Crippen LogP contribution in [0.4, 0.5) is 0 Å². The van der Waals surface area contributed by atoms with E-state index in [1.165, 1.54) is 0 Å². The Kier molecular flexibility index (Phi) is 2.23. The molecule has 0 aromatic carbocycles. The number of aliphatic carboxylic acids is 1. The van der Waals surface area contributed by atoms with Crippen LogP contribution in [-0.4, -0.2) is 21.3 Å². The molecule has 76 valence electrons. The van der Waals surface area contributed by atoms with Crippen LogP contribution in [0.2, 0.25) is 5.15 Å². The molecule has 5 heteroatoms. The minimum absolute atomic E-state index is 0.293. The van der Waals surface area contributed by atoms with Gasteiger partial charge in [-0.05, 0) is 19.8 Å². The summed E-state index contributed by atoms with van der Waals surface area (Å²) in [6, 6.07) is 0. The Hall–Kier alpha value is -1.03. The third-order valence-corrected chi connectivity index (χ3v) is 2.86. The molecule has 1 heterocycles. The maximum Gasteiger partial charge on any atom is 0.310 e. The van der Waals surface area contributed by atoms with Crippen LogP contribution in [0.1, 0.15) is 42.9 Å². The van der Waals surface area contributed by atoms with Crippen molar-refractivity contribution in [3.63, 3.8) is 0 Å². The smallest absolute Gasteiger partial charge is 0.310 e. The van der Waals surface area contributed by atoms with Gasteiger partial charge in [0.25, 0.3) is 0 Å². The summed E-state index contributed by atoms with van der Waals surface area (Å²) in [7, 11) is 0. The molecule has 0 saturated heterocycles. The number of halogens is 1. The number of hydrogen-bond donors (Lipinski definition) is 2. The van der Waals surface area contributed by atoms with E-state index >= 15 is 0 Å². The number of aromatic amines is 1. The molecule has 2 rings (SSSR count). The van der Waals surface area contributed by atoms with Crippen LogP contribution in [-0.2, 0) is 4.79 Å². The number of carbonyl (C=O) groups is 1. The first-order chi connectivity index (χ1) is 6.61. The number of H-pyrrole nitrogens is 1. The third kappa shape index (κ3) is 1.50. The second-order valence-corrected chi connectivity index (χ2v) is 4.03. The lowest BCUT2D eigenvalue weighted by molar-refractivity contribution is -0.138. The molecule has 1 aromatic rings. The first-order valence-electron chi connectivity index (χ1n) is 4.57. The molecule has 4 nitrogen and oxygen atoms in total. The third-order valence-electron chi connectivity index (χ3n) is 2.58. The Balaban J connectivity index is 2.38. The van der Waals surface area contributed by atoms with Crippen LogP contribution >= 0.6 is 11.6 Å². The van der Waals surface area contributed by atoms with Gasteiger partial charge in [0.2, 0.25) is 0 Å². The van der Waals surface area contributed by atoms with Gasteiger partial charge >= 0.3 is 5.97 Å². The van der Waals surface area contributed by atoms with E-state index in [0.29, 0.717) is 16.6 Å². The van der Waals surface area contributed by atoms with Crippen molar-refractivity contribution in [1.29, 1.82) is 0 Å². The van der Waals surface area contributed by atoms with E-state index in [2.05, 4.69) is 10.2 Å². The van der Waals surface area contributed by atoms with Crippen LogP contribution in [0.5, 0.6) is 0 Å². The fourth-order valence-corrected chi connectivity index (χ4v) is 1.87. The van der Waals surface area contributed by atoms with Gasteiger partial charge in [-0.2, -0.15) is 5.10 Å². The van der Waals surface area contributed by atoms with Gasteiger partial charge in [-0.25, -0.2) is 0 Å². The van der Waals surface area contributed by atoms with E-state index in [1.54, 1.807) is 6.92 Å². The fourth-order valence-electron chi connectivity index (χ4n) is 1.56. The van der Waals surface area contributed by atoms with E-state index in [1.807, 2.05) is 0 Å². The topological polar surface area (TPSA) is 66.0 Å². The van der Waals surface area contributed by atoms with Crippen LogP contribution in [0.15, 0.2) is 0 Å². The summed E-state index contributed by atoms with van der Waals surface area (Å²) in [5.74, 6) is -1.01. The highest BCUT2D eigenvalue weighted by Gasteiger charge is 2.33. The minimum atomic E-state index is -0.866. The monoisotopic (exact) mass is 214 g/mol. The second kappa shape index (κ2) is 3.28. The molecule has 0 aliphatic heterocycles. The molecule has 1 aliphatic rings. The Morgan fingerprint density at radius 2 is 2.36 bits per heavy atom. The number of rotatable bonds is 3. The zero-order valence-electron chi connectivity index (χ0n) is 7.75. The first kappa shape index (κ1) is 9.52. The number of nitrogens with zero attached hydrogens (tertiary/aromatic N) is 1. The normalized spacial score (nSPS) is 18.1. The van der Waals surface area contributed by atoms with Gasteiger partial charge in [0, 0.05) is 17.2 Å². The van der Waals surface area contributed by atoms with Gasteiger partial charge < -0.3 is 5.11 Å². The Morgan fingerprint density at radius 3 is 2.86 bits per heavy atom. The molecule has 1 saturated carbocycles. The summed E-state index contributed by atoms with van der Waals surface area (Å²) in [4.78, 5) is 10.8. The van der Waals surface area contributed by atoms with Crippen LogP contribution < -0.4 is 0 Å². The average Bonchev–Trinajstić information content (AvgIpc) is 2.89. The van der Waals surface area contributed by atoms with Crippen molar-refractivity contribution in [3.8, 4) is 0 Å². The van der Waals surface area contributed by atoms with Crippen molar-refractivity contribution in [2.24, 2.45) is 0 Å². The van der Waals surface area contributed by atoms with Gasteiger partial charge in [0.05, 0.1) is 5.92 Å². The van der Waals surface area contributed by atoms with Crippen LogP contribution in [0, 0.1) is 0 Å². The lowest BCUT2D eigenvalue weighted by Crippen LogP contribution is -2.09. The number of hydrogen-bond acceptors (Lipinski definition) is 2. The number of nitrogens with one attached hydrogen (secondary N) is 1. The molecule has 1 aliphatic carbocycles.